The van der Waals surface area contributed by atoms with Gasteiger partial charge in [0, 0.05) is 17.7 Å². The minimum atomic E-state index is -4.54. The molecular weight excluding hydrogens is 411 g/mol. The Hall–Kier alpha value is -3.62. The van der Waals surface area contributed by atoms with Crippen molar-refractivity contribution in [2.24, 2.45) is 0 Å². The maximum absolute atomic E-state index is 12.3. The van der Waals surface area contributed by atoms with Gasteiger partial charge in [0.05, 0.1) is 11.3 Å². The number of hydrogen-bond donors (Lipinski definition) is 3. The van der Waals surface area contributed by atoms with E-state index in [2.05, 4.69) is 10.6 Å². The van der Waals surface area contributed by atoms with Crippen molar-refractivity contribution in [1.82, 2.24) is 10.6 Å². The van der Waals surface area contributed by atoms with Crippen LogP contribution in [0.25, 0.3) is 6.08 Å². The Bertz CT molecular complexity index is 997. The SMILES string of the molecule is O=C(/C=C/c1ccc(C(=O)NC2CC2)cc1)Nc1ccccc1C(=O)NCC(F)(F)F. The van der Waals surface area contributed by atoms with Gasteiger partial charge in [-0.3, -0.25) is 14.4 Å². The second-order valence-corrected chi connectivity index (χ2v) is 7.04. The Morgan fingerprint density at radius 1 is 0.968 bits per heavy atom. The van der Waals surface area contributed by atoms with Crippen molar-refractivity contribution in [1.29, 1.82) is 0 Å². The number of halogens is 3. The second-order valence-electron chi connectivity index (χ2n) is 7.04. The van der Waals surface area contributed by atoms with E-state index in [1.807, 2.05) is 0 Å². The summed E-state index contributed by atoms with van der Waals surface area (Å²) in [6.07, 6.45) is 0.197. The summed E-state index contributed by atoms with van der Waals surface area (Å²) in [5, 5.41) is 7.14. The van der Waals surface area contributed by atoms with Crippen molar-refractivity contribution in [3.63, 3.8) is 0 Å². The molecule has 1 aliphatic carbocycles. The highest BCUT2D eigenvalue weighted by Crippen LogP contribution is 2.20. The first kappa shape index (κ1) is 22.1. The molecule has 0 radical (unpaired) electrons. The van der Waals surface area contributed by atoms with Crippen molar-refractivity contribution in [3.8, 4) is 0 Å². The number of amides is 3. The molecule has 3 N–H and O–H groups in total. The predicted octanol–water partition coefficient (Wildman–Crippen LogP) is 3.52. The summed E-state index contributed by atoms with van der Waals surface area (Å²) in [7, 11) is 0. The van der Waals surface area contributed by atoms with E-state index >= 15 is 0 Å². The molecule has 0 unspecified atom stereocenters. The Morgan fingerprint density at radius 3 is 2.29 bits per heavy atom. The highest BCUT2D eigenvalue weighted by Gasteiger charge is 2.28. The lowest BCUT2D eigenvalue weighted by molar-refractivity contribution is -0.123. The van der Waals surface area contributed by atoms with Gasteiger partial charge in [-0.25, -0.2) is 0 Å². The molecule has 0 bridgehead atoms. The fourth-order valence-corrected chi connectivity index (χ4v) is 2.65. The van der Waals surface area contributed by atoms with Crippen LogP contribution in [0.5, 0.6) is 0 Å². The number of anilines is 1. The van der Waals surface area contributed by atoms with Gasteiger partial charge in [-0.15, -0.1) is 0 Å². The van der Waals surface area contributed by atoms with E-state index in [0.29, 0.717) is 11.1 Å². The van der Waals surface area contributed by atoms with E-state index in [4.69, 9.17) is 0 Å². The number of nitrogens with one attached hydrogen (secondary N) is 3. The molecule has 1 aliphatic rings. The molecule has 0 saturated heterocycles. The van der Waals surface area contributed by atoms with Crippen LogP contribution in [0.3, 0.4) is 0 Å². The molecule has 9 heteroatoms. The van der Waals surface area contributed by atoms with Crippen LogP contribution in [0.1, 0.15) is 39.1 Å². The van der Waals surface area contributed by atoms with Gasteiger partial charge in [0.15, 0.2) is 0 Å². The summed E-state index contributed by atoms with van der Waals surface area (Å²) in [5.41, 5.74) is 1.20. The summed E-state index contributed by atoms with van der Waals surface area (Å²) in [6, 6.07) is 12.7. The number of rotatable bonds is 7. The van der Waals surface area contributed by atoms with Crippen LogP contribution in [0, 0.1) is 0 Å². The lowest BCUT2D eigenvalue weighted by Gasteiger charge is -2.11. The Kier molecular flexibility index (Phi) is 6.74. The van der Waals surface area contributed by atoms with Gasteiger partial charge < -0.3 is 16.0 Å². The largest absolute Gasteiger partial charge is 0.405 e. The second kappa shape index (κ2) is 9.46. The van der Waals surface area contributed by atoms with Crippen molar-refractivity contribution in [3.05, 3.63) is 71.3 Å². The molecule has 1 saturated carbocycles. The molecule has 3 amide bonds. The van der Waals surface area contributed by atoms with Crippen LogP contribution in [0.2, 0.25) is 0 Å². The van der Waals surface area contributed by atoms with Gasteiger partial charge in [0.1, 0.15) is 6.54 Å². The van der Waals surface area contributed by atoms with E-state index in [1.54, 1.807) is 35.6 Å². The minimum Gasteiger partial charge on any atom is -0.349 e. The van der Waals surface area contributed by atoms with Gasteiger partial charge in [-0.2, -0.15) is 13.2 Å². The van der Waals surface area contributed by atoms with Gasteiger partial charge in [0.2, 0.25) is 5.91 Å². The zero-order valence-electron chi connectivity index (χ0n) is 16.3. The lowest BCUT2D eigenvalue weighted by atomic mass is 10.1. The van der Waals surface area contributed by atoms with Crippen LogP contribution in [0.15, 0.2) is 54.6 Å². The van der Waals surface area contributed by atoms with Gasteiger partial charge in [-0.05, 0) is 48.7 Å². The zero-order chi connectivity index (χ0) is 22.4. The standard InChI is InChI=1S/C22H20F3N3O3/c23-22(24,25)13-26-21(31)17-3-1-2-4-18(17)28-19(29)12-7-14-5-8-15(9-6-14)20(30)27-16-10-11-16/h1-9,12,16H,10-11,13H2,(H,26,31)(H,27,30)(H,28,29)/b12-7+. The highest BCUT2D eigenvalue weighted by atomic mass is 19.4. The quantitative estimate of drug-likeness (QED) is 0.587. The normalized spacial score (nSPS) is 13.6. The topological polar surface area (TPSA) is 87.3 Å². The van der Waals surface area contributed by atoms with Crippen LogP contribution < -0.4 is 16.0 Å². The smallest absolute Gasteiger partial charge is 0.349 e. The van der Waals surface area contributed by atoms with Gasteiger partial charge in [-0.1, -0.05) is 24.3 Å². The third kappa shape index (κ3) is 6.98. The Labute approximate surface area is 176 Å². The predicted molar refractivity (Wildman–Crippen MR) is 109 cm³/mol. The minimum absolute atomic E-state index is 0.0838. The average molecular weight is 431 g/mol. The summed E-state index contributed by atoms with van der Waals surface area (Å²) in [6.45, 7) is -1.47. The summed E-state index contributed by atoms with van der Waals surface area (Å²) in [5.74, 6) is -1.65. The zero-order valence-corrected chi connectivity index (χ0v) is 16.3. The van der Waals surface area contributed by atoms with E-state index in [0.717, 1.165) is 12.8 Å². The molecule has 31 heavy (non-hydrogen) atoms. The number of para-hydroxylation sites is 1. The Morgan fingerprint density at radius 2 is 1.65 bits per heavy atom. The molecule has 0 aromatic heterocycles. The third-order valence-electron chi connectivity index (χ3n) is 4.39. The first-order valence-electron chi connectivity index (χ1n) is 9.55. The molecule has 3 rings (SSSR count). The maximum atomic E-state index is 12.3. The monoisotopic (exact) mass is 431 g/mol. The van der Waals surface area contributed by atoms with Crippen LogP contribution >= 0.6 is 0 Å². The molecule has 0 atom stereocenters. The van der Waals surface area contributed by atoms with E-state index in [-0.39, 0.29) is 23.2 Å². The number of carbonyl (C=O) groups is 3. The molecule has 0 spiro atoms. The molecule has 162 valence electrons. The molecular formula is C22H20F3N3O3. The summed E-state index contributed by atoms with van der Waals surface area (Å²) in [4.78, 5) is 36.2. The third-order valence-corrected chi connectivity index (χ3v) is 4.39. The van der Waals surface area contributed by atoms with Crippen molar-refractivity contribution in [2.45, 2.75) is 25.1 Å². The van der Waals surface area contributed by atoms with Crippen molar-refractivity contribution >= 4 is 29.5 Å². The molecule has 6 nitrogen and oxygen atoms in total. The summed E-state index contributed by atoms with van der Waals surface area (Å²) < 4.78 is 36.9. The summed E-state index contributed by atoms with van der Waals surface area (Å²) >= 11 is 0. The van der Waals surface area contributed by atoms with Crippen LogP contribution in [-0.2, 0) is 4.79 Å². The fourth-order valence-electron chi connectivity index (χ4n) is 2.65. The number of benzene rings is 2. The maximum Gasteiger partial charge on any atom is 0.405 e. The lowest BCUT2D eigenvalue weighted by Crippen LogP contribution is -2.34. The fraction of sp³-hybridized carbons (Fsp3) is 0.227. The molecule has 0 heterocycles. The molecule has 0 aliphatic heterocycles. The molecule has 2 aromatic carbocycles. The van der Waals surface area contributed by atoms with Crippen LogP contribution in [-0.4, -0.2) is 36.5 Å². The molecule has 1 fully saturated rings. The van der Waals surface area contributed by atoms with Crippen molar-refractivity contribution < 1.29 is 27.6 Å². The van der Waals surface area contributed by atoms with E-state index < -0.39 is 24.5 Å². The van der Waals surface area contributed by atoms with Crippen LogP contribution in [0.4, 0.5) is 18.9 Å². The average Bonchev–Trinajstić information content (AvgIpc) is 3.54. The first-order chi connectivity index (χ1) is 14.7. The van der Waals surface area contributed by atoms with Gasteiger partial charge >= 0.3 is 6.18 Å². The molecule has 2 aromatic rings. The van der Waals surface area contributed by atoms with E-state index in [1.165, 1.54) is 30.4 Å². The Balaban J connectivity index is 1.59. The van der Waals surface area contributed by atoms with Crippen molar-refractivity contribution in [2.75, 3.05) is 11.9 Å². The number of carbonyl (C=O) groups excluding carboxylic acids is 3. The van der Waals surface area contributed by atoms with Gasteiger partial charge in [0.25, 0.3) is 11.8 Å². The number of hydrogen-bond acceptors (Lipinski definition) is 3. The first-order valence-corrected chi connectivity index (χ1v) is 9.55. The highest BCUT2D eigenvalue weighted by molar-refractivity contribution is 6.07. The van der Waals surface area contributed by atoms with E-state index in [9.17, 15) is 27.6 Å². The number of alkyl halides is 3.